The number of carbonyl (C=O) groups excluding carboxylic acids is 5. The average Bonchev–Trinajstić information content (AvgIpc) is 3.79. The Morgan fingerprint density at radius 1 is 0.979 bits per heavy atom. The number of aryl methyl sites for hydroxylation is 1. The zero-order valence-corrected chi connectivity index (χ0v) is 25.6. The third-order valence-electron chi connectivity index (χ3n) is 8.21. The summed E-state index contributed by atoms with van der Waals surface area (Å²) in [4.78, 5) is 67.9. The number of pyridine rings is 1. The highest BCUT2D eigenvalue weighted by Crippen LogP contribution is 2.33. The normalized spacial score (nSPS) is 16.2. The molecule has 7 rings (SSSR count). The molecule has 2 N–H and O–H groups in total. The molecule has 5 heterocycles. The van der Waals surface area contributed by atoms with Gasteiger partial charge in [-0.15, -0.1) is 5.10 Å². The topological polar surface area (TPSA) is 170 Å². The van der Waals surface area contributed by atoms with E-state index < -0.39 is 35.6 Å². The van der Waals surface area contributed by atoms with Crippen LogP contribution in [0.3, 0.4) is 0 Å². The van der Waals surface area contributed by atoms with E-state index in [9.17, 15) is 24.0 Å². The Bertz CT molecular complexity index is 2120. The molecule has 2 aliphatic rings. The number of rotatable bonds is 11. The first kappa shape index (κ1) is 29.2. The molecule has 0 aliphatic carbocycles. The molecule has 1 fully saturated rings. The van der Waals surface area contributed by atoms with Crippen LogP contribution in [0.2, 0.25) is 0 Å². The minimum atomic E-state index is -1.09. The number of hydrogen-bond donors (Lipinski definition) is 2. The highest BCUT2D eigenvalue weighted by atomic mass is 16.5. The number of fused-ring (bicyclic) bond motifs is 2. The van der Waals surface area contributed by atoms with Crippen molar-refractivity contribution in [3.63, 3.8) is 0 Å². The molecule has 0 spiro atoms. The Labute approximate surface area is 275 Å². The summed E-state index contributed by atoms with van der Waals surface area (Å²) in [5.74, 6) is -2.84. The largest absolute Gasteiger partial charge is 0.483 e. The molecule has 242 valence electrons. The fraction of sp³-hybridized carbons (Fsp3) is 0.235. The SMILES string of the molecule is [2H]c1c(-c2ccc(-c3cn(CCCCNC(=O)COc4cccc5c4C(=O)N(C4CCC(=O)NC4=O)C5=O)nn3)cc2)nc2ccccn12. The summed E-state index contributed by atoms with van der Waals surface area (Å²) in [5, 5.41) is 13.4. The van der Waals surface area contributed by atoms with Crippen molar-refractivity contribution in [2.45, 2.75) is 38.3 Å². The second-order valence-electron chi connectivity index (χ2n) is 11.4. The van der Waals surface area contributed by atoms with E-state index in [-0.39, 0.29) is 36.3 Å². The van der Waals surface area contributed by atoms with Gasteiger partial charge in [0.2, 0.25) is 11.8 Å². The molecule has 1 unspecified atom stereocenters. The van der Waals surface area contributed by atoms with E-state index in [1.54, 1.807) is 9.08 Å². The number of aromatic nitrogens is 5. The number of imide groups is 2. The third-order valence-corrected chi connectivity index (χ3v) is 8.21. The standard InChI is InChI=1S/C34H30N8O6/c43-29-14-13-26(32(45)37-29)42-33(46)23-6-5-7-27(31(23)34(42)47)48-20-30(44)35-15-2-4-17-41-19-25(38-39-41)22-11-9-21(10-12-22)24-18-40-16-3-1-8-28(40)36-24/h1,3,5-12,16,18-19,26H,2,4,13-15,17,20H2,(H,35,44)(H,37,43,45)/i18D. The van der Waals surface area contributed by atoms with Crippen molar-refractivity contribution in [2.24, 2.45) is 0 Å². The van der Waals surface area contributed by atoms with E-state index in [0.717, 1.165) is 28.1 Å². The van der Waals surface area contributed by atoms with Crippen LogP contribution in [-0.4, -0.2) is 78.0 Å². The van der Waals surface area contributed by atoms with Gasteiger partial charge in [0.15, 0.2) is 6.61 Å². The highest BCUT2D eigenvalue weighted by Gasteiger charge is 2.46. The average molecular weight is 648 g/mol. The second kappa shape index (κ2) is 12.9. The molecule has 1 saturated heterocycles. The highest BCUT2D eigenvalue weighted by molar-refractivity contribution is 6.24. The Kier molecular flexibility index (Phi) is 7.86. The molecule has 0 bridgehead atoms. The second-order valence-corrected chi connectivity index (χ2v) is 11.4. The number of nitrogens with zero attached hydrogens (tertiary/aromatic N) is 6. The van der Waals surface area contributed by atoms with Crippen molar-refractivity contribution in [2.75, 3.05) is 13.2 Å². The number of ether oxygens (including phenoxy) is 1. The zero-order valence-electron chi connectivity index (χ0n) is 26.6. The first-order valence-electron chi connectivity index (χ1n) is 16.0. The van der Waals surface area contributed by atoms with E-state index in [0.29, 0.717) is 37.1 Å². The minimum Gasteiger partial charge on any atom is -0.483 e. The Morgan fingerprint density at radius 2 is 1.79 bits per heavy atom. The van der Waals surface area contributed by atoms with Crippen LogP contribution in [0.4, 0.5) is 0 Å². The summed E-state index contributed by atoms with van der Waals surface area (Å²) in [6.07, 6.45) is 5.45. The number of nitrogens with one attached hydrogen (secondary N) is 2. The third kappa shape index (κ3) is 6.02. The molecule has 14 nitrogen and oxygen atoms in total. The monoisotopic (exact) mass is 647 g/mol. The smallest absolute Gasteiger partial charge is 0.266 e. The van der Waals surface area contributed by atoms with Gasteiger partial charge in [-0.1, -0.05) is 41.6 Å². The van der Waals surface area contributed by atoms with Crippen LogP contribution >= 0.6 is 0 Å². The lowest BCUT2D eigenvalue weighted by molar-refractivity contribution is -0.136. The summed E-state index contributed by atoms with van der Waals surface area (Å²) in [6.45, 7) is 0.610. The number of amides is 5. The van der Waals surface area contributed by atoms with E-state index in [1.807, 2.05) is 54.9 Å². The molecule has 2 aromatic carbocycles. The Hall–Kier alpha value is -6.18. The van der Waals surface area contributed by atoms with Gasteiger partial charge in [-0.25, -0.2) is 4.98 Å². The molecule has 5 amide bonds. The van der Waals surface area contributed by atoms with Crippen LogP contribution in [0.25, 0.3) is 28.2 Å². The summed E-state index contributed by atoms with van der Waals surface area (Å²) >= 11 is 0. The predicted octanol–water partition coefficient (Wildman–Crippen LogP) is 2.64. The maximum Gasteiger partial charge on any atom is 0.266 e. The van der Waals surface area contributed by atoms with E-state index >= 15 is 0 Å². The van der Waals surface area contributed by atoms with Crippen LogP contribution in [-0.2, 0) is 20.9 Å². The first-order chi connectivity index (χ1) is 23.8. The van der Waals surface area contributed by atoms with Gasteiger partial charge >= 0.3 is 0 Å². The first-order valence-corrected chi connectivity index (χ1v) is 15.5. The number of hydrogen-bond acceptors (Lipinski definition) is 9. The van der Waals surface area contributed by atoms with Gasteiger partial charge in [-0.05, 0) is 43.5 Å². The van der Waals surface area contributed by atoms with Crippen LogP contribution in [0, 0.1) is 0 Å². The maximum absolute atomic E-state index is 13.2. The predicted molar refractivity (Wildman–Crippen MR) is 170 cm³/mol. The summed E-state index contributed by atoms with van der Waals surface area (Å²) < 4.78 is 17.5. The van der Waals surface area contributed by atoms with Gasteiger partial charge in [0, 0.05) is 43.0 Å². The molecule has 0 saturated carbocycles. The fourth-order valence-corrected chi connectivity index (χ4v) is 5.77. The molecule has 14 heteroatoms. The van der Waals surface area contributed by atoms with Crippen LogP contribution in [0.15, 0.2) is 79.2 Å². The van der Waals surface area contributed by atoms with Gasteiger partial charge in [0.05, 0.1) is 24.4 Å². The maximum atomic E-state index is 13.2. The quantitative estimate of drug-likeness (QED) is 0.162. The van der Waals surface area contributed by atoms with E-state index in [4.69, 9.17) is 6.11 Å². The molecule has 2 aliphatic heterocycles. The Balaban J connectivity index is 0.867. The van der Waals surface area contributed by atoms with E-state index in [1.165, 1.54) is 18.2 Å². The van der Waals surface area contributed by atoms with Crippen molar-refractivity contribution in [1.82, 2.24) is 39.9 Å². The van der Waals surface area contributed by atoms with Crippen molar-refractivity contribution in [3.05, 3.63) is 90.4 Å². The molecule has 48 heavy (non-hydrogen) atoms. The van der Waals surface area contributed by atoms with Gasteiger partial charge in [0.25, 0.3) is 17.7 Å². The molecular formula is C34H30N8O6. The number of unbranched alkanes of at least 4 members (excludes halogenated alkanes) is 1. The molecule has 0 radical (unpaired) electrons. The molecule has 1 atom stereocenters. The van der Waals surface area contributed by atoms with Crippen molar-refractivity contribution >= 4 is 35.2 Å². The lowest BCUT2D eigenvalue weighted by Gasteiger charge is -2.27. The van der Waals surface area contributed by atoms with Crippen molar-refractivity contribution in [1.29, 1.82) is 0 Å². The van der Waals surface area contributed by atoms with E-state index in [2.05, 4.69) is 25.9 Å². The number of piperidine rings is 1. The number of imidazole rings is 1. The van der Waals surface area contributed by atoms with Crippen molar-refractivity contribution in [3.8, 4) is 28.3 Å². The number of carbonyl (C=O) groups is 5. The van der Waals surface area contributed by atoms with Gasteiger partial charge in [-0.3, -0.25) is 38.9 Å². The van der Waals surface area contributed by atoms with Gasteiger partial charge in [0.1, 0.15) is 23.1 Å². The Morgan fingerprint density at radius 3 is 2.58 bits per heavy atom. The molecule has 3 aromatic heterocycles. The summed E-state index contributed by atoms with van der Waals surface area (Å²) in [7, 11) is 0. The van der Waals surface area contributed by atoms with Crippen molar-refractivity contribution < 1.29 is 30.1 Å². The van der Waals surface area contributed by atoms with Crippen LogP contribution in [0.5, 0.6) is 5.75 Å². The summed E-state index contributed by atoms with van der Waals surface area (Å²) in [5.41, 5.74) is 3.82. The van der Waals surface area contributed by atoms with Crippen LogP contribution in [0.1, 0.15) is 47.8 Å². The minimum absolute atomic E-state index is 0.0121. The fourth-order valence-electron chi connectivity index (χ4n) is 5.77. The molecular weight excluding hydrogens is 616 g/mol. The lowest BCUT2D eigenvalue weighted by Crippen LogP contribution is -2.54. The summed E-state index contributed by atoms with van der Waals surface area (Å²) in [6, 6.07) is 16.7. The zero-order chi connectivity index (χ0) is 34.1. The lowest BCUT2D eigenvalue weighted by atomic mass is 10.0. The number of benzene rings is 2. The van der Waals surface area contributed by atoms with Crippen LogP contribution < -0.4 is 15.4 Å². The van der Waals surface area contributed by atoms with Gasteiger partial charge in [-0.2, -0.15) is 0 Å². The molecule has 5 aromatic rings. The van der Waals surface area contributed by atoms with Gasteiger partial charge < -0.3 is 14.5 Å².